The quantitative estimate of drug-likeness (QED) is 0.431. The standard InChI is InChI=1S/C28H34N2O5/c1-4-19(16-31)29-21-14-28(2,3)15-24(34)26(21)22(32)11-10-20-27-23(33)12-18(13-25(27)35-30-20)17-8-6-5-7-9-17/h5-9,18-19,31-32H,4,10-16H2,1-3H3/b26-22+,29-21?. The van der Waals surface area contributed by atoms with Crippen LogP contribution in [-0.2, 0) is 17.6 Å². The number of rotatable bonds is 7. The molecule has 2 atom stereocenters. The molecule has 2 aromatic rings. The average Bonchev–Trinajstić information content (AvgIpc) is 3.24. The van der Waals surface area contributed by atoms with Gasteiger partial charge in [-0.2, -0.15) is 0 Å². The highest BCUT2D eigenvalue weighted by molar-refractivity contribution is 6.24. The molecule has 35 heavy (non-hydrogen) atoms. The fourth-order valence-corrected chi connectivity index (χ4v) is 5.14. The molecule has 0 amide bonds. The van der Waals surface area contributed by atoms with Crippen molar-refractivity contribution in [2.45, 2.75) is 77.7 Å². The lowest BCUT2D eigenvalue weighted by Gasteiger charge is -2.32. The van der Waals surface area contributed by atoms with Crippen LogP contribution < -0.4 is 0 Å². The van der Waals surface area contributed by atoms with Crippen molar-refractivity contribution in [3.05, 3.63) is 64.2 Å². The van der Waals surface area contributed by atoms with Crippen molar-refractivity contribution in [1.82, 2.24) is 5.16 Å². The van der Waals surface area contributed by atoms with Crippen molar-refractivity contribution in [2.75, 3.05) is 6.61 Å². The Morgan fingerprint density at radius 3 is 2.60 bits per heavy atom. The first-order valence-corrected chi connectivity index (χ1v) is 12.4. The van der Waals surface area contributed by atoms with Crippen LogP contribution in [0.15, 0.2) is 51.2 Å². The number of hydrogen-bond donors (Lipinski definition) is 2. The highest BCUT2D eigenvalue weighted by atomic mass is 16.5. The molecule has 1 aromatic heterocycles. The first-order valence-electron chi connectivity index (χ1n) is 12.4. The molecule has 0 aliphatic heterocycles. The Labute approximate surface area is 205 Å². The molecule has 186 valence electrons. The molecular weight excluding hydrogens is 444 g/mol. The Kier molecular flexibility index (Phi) is 7.36. The largest absolute Gasteiger partial charge is 0.511 e. The molecule has 1 fully saturated rings. The van der Waals surface area contributed by atoms with Crippen molar-refractivity contribution < 1.29 is 24.3 Å². The highest BCUT2D eigenvalue weighted by Crippen LogP contribution is 2.37. The third-order valence-electron chi connectivity index (χ3n) is 7.01. The monoisotopic (exact) mass is 478 g/mol. The summed E-state index contributed by atoms with van der Waals surface area (Å²) in [5, 5.41) is 24.7. The van der Waals surface area contributed by atoms with E-state index in [9.17, 15) is 19.8 Å². The van der Waals surface area contributed by atoms with E-state index in [1.54, 1.807) is 0 Å². The highest BCUT2D eigenvalue weighted by Gasteiger charge is 2.37. The molecular formula is C28H34N2O5. The number of allylic oxidation sites excluding steroid dienone is 2. The summed E-state index contributed by atoms with van der Waals surface area (Å²) in [4.78, 5) is 30.6. The van der Waals surface area contributed by atoms with Gasteiger partial charge in [0.05, 0.1) is 29.5 Å². The molecule has 0 radical (unpaired) electrons. The summed E-state index contributed by atoms with van der Waals surface area (Å²) >= 11 is 0. The molecule has 2 aliphatic rings. The Balaban J connectivity index is 1.55. The molecule has 2 aliphatic carbocycles. The third kappa shape index (κ3) is 5.45. The summed E-state index contributed by atoms with van der Waals surface area (Å²) in [5.41, 5.74) is 2.68. The van der Waals surface area contributed by atoms with E-state index >= 15 is 0 Å². The van der Waals surface area contributed by atoms with E-state index in [4.69, 9.17) is 4.52 Å². The Bertz CT molecular complexity index is 1160. The first-order chi connectivity index (χ1) is 16.7. The zero-order valence-electron chi connectivity index (χ0n) is 20.7. The molecule has 7 nitrogen and oxygen atoms in total. The maximum Gasteiger partial charge on any atom is 0.168 e. The average molecular weight is 479 g/mol. The lowest BCUT2D eigenvalue weighted by Crippen LogP contribution is -2.33. The van der Waals surface area contributed by atoms with E-state index in [1.165, 1.54) is 0 Å². The van der Waals surface area contributed by atoms with Gasteiger partial charge in [0.1, 0.15) is 11.5 Å². The maximum atomic E-state index is 13.0. The van der Waals surface area contributed by atoms with Crippen LogP contribution in [-0.4, -0.2) is 45.3 Å². The van der Waals surface area contributed by atoms with Crippen LogP contribution in [0.5, 0.6) is 0 Å². The minimum absolute atomic E-state index is 0.00465. The molecule has 0 bridgehead atoms. The Morgan fingerprint density at radius 2 is 1.91 bits per heavy atom. The normalized spacial score (nSPS) is 23.3. The molecule has 7 heteroatoms. The third-order valence-corrected chi connectivity index (χ3v) is 7.01. The number of benzene rings is 1. The molecule has 1 saturated carbocycles. The van der Waals surface area contributed by atoms with Gasteiger partial charge in [-0.15, -0.1) is 0 Å². The van der Waals surface area contributed by atoms with Gasteiger partial charge in [-0.3, -0.25) is 14.6 Å². The SMILES string of the molecule is CCC(CO)N=C1CC(C)(C)CC(=O)/C1=C(/O)CCc1noc2c1C(=O)CC(c1ccccc1)C2. The van der Waals surface area contributed by atoms with E-state index in [1.807, 2.05) is 51.1 Å². The van der Waals surface area contributed by atoms with E-state index in [0.717, 1.165) is 5.56 Å². The van der Waals surface area contributed by atoms with Gasteiger partial charge >= 0.3 is 0 Å². The number of carbonyl (C=O) groups is 2. The molecule has 4 rings (SSSR count). The van der Waals surface area contributed by atoms with Crippen molar-refractivity contribution in [3.8, 4) is 0 Å². The fourth-order valence-electron chi connectivity index (χ4n) is 5.14. The second-order valence-corrected chi connectivity index (χ2v) is 10.4. The predicted octanol–water partition coefficient (Wildman–Crippen LogP) is 4.93. The van der Waals surface area contributed by atoms with Gasteiger partial charge in [-0.25, -0.2) is 0 Å². The van der Waals surface area contributed by atoms with E-state index in [2.05, 4.69) is 10.1 Å². The smallest absolute Gasteiger partial charge is 0.168 e. The van der Waals surface area contributed by atoms with Crippen molar-refractivity contribution in [3.63, 3.8) is 0 Å². The summed E-state index contributed by atoms with van der Waals surface area (Å²) in [6.07, 6.45) is 2.95. The molecule has 0 spiro atoms. The number of hydrogen-bond acceptors (Lipinski definition) is 7. The number of nitrogens with zero attached hydrogens (tertiary/aromatic N) is 2. The van der Waals surface area contributed by atoms with E-state index < -0.39 is 0 Å². The second kappa shape index (κ2) is 10.3. The van der Waals surface area contributed by atoms with E-state index in [0.29, 0.717) is 54.8 Å². The minimum atomic E-state index is -0.313. The van der Waals surface area contributed by atoms with Crippen molar-refractivity contribution in [1.29, 1.82) is 0 Å². The van der Waals surface area contributed by atoms with Crippen LogP contribution in [0, 0.1) is 5.41 Å². The minimum Gasteiger partial charge on any atom is -0.511 e. The van der Waals surface area contributed by atoms with Gasteiger partial charge in [0.15, 0.2) is 11.6 Å². The van der Waals surface area contributed by atoms with Crippen LogP contribution >= 0.6 is 0 Å². The van der Waals surface area contributed by atoms with Gasteiger partial charge in [0, 0.05) is 37.8 Å². The molecule has 1 heterocycles. The molecule has 2 unspecified atom stereocenters. The number of carbonyl (C=O) groups excluding carboxylic acids is 2. The fraction of sp³-hybridized carbons (Fsp3) is 0.500. The zero-order chi connectivity index (χ0) is 25.2. The van der Waals surface area contributed by atoms with Crippen molar-refractivity contribution >= 4 is 17.3 Å². The summed E-state index contributed by atoms with van der Waals surface area (Å²) in [7, 11) is 0. The predicted molar refractivity (Wildman–Crippen MR) is 133 cm³/mol. The Hall–Kier alpha value is -3.06. The van der Waals surface area contributed by atoms with Crippen LogP contribution in [0.25, 0.3) is 0 Å². The summed E-state index contributed by atoms with van der Waals surface area (Å²) in [6.45, 7) is 5.82. The summed E-state index contributed by atoms with van der Waals surface area (Å²) in [5.74, 6) is 0.458. The molecule has 0 saturated heterocycles. The van der Waals surface area contributed by atoms with Gasteiger partial charge in [0.2, 0.25) is 0 Å². The van der Waals surface area contributed by atoms with Gasteiger partial charge in [0.25, 0.3) is 0 Å². The lowest BCUT2D eigenvalue weighted by atomic mass is 9.73. The number of aryl methyl sites for hydroxylation is 1. The van der Waals surface area contributed by atoms with Crippen LogP contribution in [0.4, 0.5) is 0 Å². The summed E-state index contributed by atoms with van der Waals surface area (Å²) in [6, 6.07) is 9.61. The number of aliphatic hydroxyl groups excluding tert-OH is 2. The molecule has 2 N–H and O–H groups in total. The van der Waals surface area contributed by atoms with Gasteiger partial charge < -0.3 is 14.7 Å². The lowest BCUT2D eigenvalue weighted by molar-refractivity contribution is -0.117. The number of fused-ring (bicyclic) bond motifs is 1. The van der Waals surface area contributed by atoms with Crippen molar-refractivity contribution in [2.24, 2.45) is 10.4 Å². The second-order valence-electron chi connectivity index (χ2n) is 10.4. The zero-order valence-corrected chi connectivity index (χ0v) is 20.7. The van der Waals surface area contributed by atoms with E-state index in [-0.39, 0.29) is 59.7 Å². The van der Waals surface area contributed by atoms with Crippen LogP contribution in [0.3, 0.4) is 0 Å². The number of ketones is 2. The molecule has 1 aromatic carbocycles. The van der Waals surface area contributed by atoms with Gasteiger partial charge in [-0.05, 0) is 29.7 Å². The topological polar surface area (TPSA) is 113 Å². The van der Waals surface area contributed by atoms with Crippen LogP contribution in [0.1, 0.15) is 86.2 Å². The number of aromatic nitrogens is 1. The Morgan fingerprint density at radius 1 is 1.17 bits per heavy atom. The number of aliphatic imine (C=N–C) groups is 1. The first kappa shape index (κ1) is 25.0. The number of Topliss-reactive ketones (excluding diaryl/α,β-unsaturated/α-hetero) is 2. The van der Waals surface area contributed by atoms with Gasteiger partial charge in [-0.1, -0.05) is 56.3 Å². The number of aliphatic hydroxyl groups is 2. The van der Waals surface area contributed by atoms with Crippen LogP contribution in [0.2, 0.25) is 0 Å². The maximum absolute atomic E-state index is 13.0. The summed E-state index contributed by atoms with van der Waals surface area (Å²) < 4.78 is 5.55.